The van der Waals surface area contributed by atoms with Crippen LogP contribution in [0.3, 0.4) is 0 Å². The second kappa shape index (κ2) is 5.46. The molecule has 1 aromatic carbocycles. The number of hydrogen-bond acceptors (Lipinski definition) is 3. The minimum atomic E-state index is -3.02. The average Bonchev–Trinajstić information content (AvgIpc) is 2.16. The van der Waals surface area contributed by atoms with Crippen molar-refractivity contribution in [1.82, 2.24) is 0 Å². The summed E-state index contributed by atoms with van der Waals surface area (Å²) in [6.45, 7) is 2.11. The number of aryl methyl sites for hydroxylation is 1. The molecule has 0 saturated heterocycles. The lowest BCUT2D eigenvalue weighted by atomic mass is 10.0. The van der Waals surface area contributed by atoms with E-state index in [4.69, 9.17) is 5.73 Å². The Morgan fingerprint density at radius 2 is 2.06 bits per heavy atom. The maximum absolute atomic E-state index is 11.1. The van der Waals surface area contributed by atoms with Crippen LogP contribution in [0.2, 0.25) is 0 Å². The van der Waals surface area contributed by atoms with E-state index in [1.165, 1.54) is 11.8 Å². The average molecular weight is 241 g/mol. The van der Waals surface area contributed by atoms with Gasteiger partial charge < -0.3 is 5.73 Å². The Kier molecular flexibility index (Phi) is 4.50. The van der Waals surface area contributed by atoms with E-state index in [1.54, 1.807) is 0 Å². The molecule has 0 saturated carbocycles. The summed E-state index contributed by atoms with van der Waals surface area (Å²) < 4.78 is 22.3. The summed E-state index contributed by atoms with van der Waals surface area (Å²) in [7, 11) is -3.02. The second-order valence-electron chi connectivity index (χ2n) is 4.19. The highest BCUT2D eigenvalue weighted by Gasteiger charge is 2.13. The lowest BCUT2D eigenvalue weighted by Crippen LogP contribution is -2.20. The van der Waals surface area contributed by atoms with Crippen molar-refractivity contribution in [2.45, 2.75) is 25.8 Å². The van der Waals surface area contributed by atoms with E-state index in [0.29, 0.717) is 0 Å². The number of nitrogens with two attached hydrogens (primary N) is 1. The molecule has 1 atom stereocenters. The third kappa shape index (κ3) is 4.33. The molecule has 0 aromatic heterocycles. The smallest absolute Gasteiger partial charge is 0.149 e. The number of sulfone groups is 1. The lowest BCUT2D eigenvalue weighted by molar-refractivity contribution is 0.594. The van der Waals surface area contributed by atoms with Gasteiger partial charge in [0.25, 0.3) is 0 Å². The van der Waals surface area contributed by atoms with Crippen LogP contribution in [-0.4, -0.2) is 20.4 Å². The molecule has 0 aliphatic carbocycles. The fourth-order valence-electron chi connectivity index (χ4n) is 1.69. The minimum absolute atomic E-state index is 0.00256. The van der Waals surface area contributed by atoms with Crippen LogP contribution in [0.1, 0.15) is 30.5 Å². The summed E-state index contributed by atoms with van der Waals surface area (Å²) in [5, 5.41) is 0. The summed E-state index contributed by atoms with van der Waals surface area (Å²) in [6, 6.07) is 7.43. The van der Waals surface area contributed by atoms with Crippen molar-refractivity contribution >= 4 is 9.84 Å². The SMILES string of the molecule is CCCc1cccc(C(N)CS(C)(=O)=O)c1. The maximum Gasteiger partial charge on any atom is 0.149 e. The molecule has 0 aliphatic rings. The molecule has 1 aromatic rings. The van der Waals surface area contributed by atoms with Crippen LogP contribution in [0.5, 0.6) is 0 Å². The first-order valence-electron chi connectivity index (χ1n) is 5.44. The van der Waals surface area contributed by atoms with Crippen LogP contribution < -0.4 is 5.73 Å². The Balaban J connectivity index is 2.83. The first-order valence-corrected chi connectivity index (χ1v) is 7.50. The van der Waals surface area contributed by atoms with Crippen molar-refractivity contribution < 1.29 is 8.42 Å². The van der Waals surface area contributed by atoms with E-state index in [9.17, 15) is 8.42 Å². The molecule has 4 heteroatoms. The van der Waals surface area contributed by atoms with Crippen LogP contribution in [-0.2, 0) is 16.3 Å². The topological polar surface area (TPSA) is 60.2 Å². The van der Waals surface area contributed by atoms with Gasteiger partial charge in [0.1, 0.15) is 9.84 Å². The summed E-state index contributed by atoms with van der Waals surface area (Å²) in [5.41, 5.74) is 7.98. The van der Waals surface area contributed by atoms with Gasteiger partial charge in [0.15, 0.2) is 0 Å². The fraction of sp³-hybridized carbons (Fsp3) is 0.500. The van der Waals surface area contributed by atoms with Gasteiger partial charge in [-0.25, -0.2) is 8.42 Å². The minimum Gasteiger partial charge on any atom is -0.323 e. The van der Waals surface area contributed by atoms with Gasteiger partial charge in [-0.2, -0.15) is 0 Å². The van der Waals surface area contributed by atoms with E-state index in [-0.39, 0.29) is 5.75 Å². The van der Waals surface area contributed by atoms with E-state index in [1.807, 2.05) is 24.3 Å². The third-order valence-electron chi connectivity index (χ3n) is 2.40. The van der Waals surface area contributed by atoms with Crippen LogP contribution in [0, 0.1) is 0 Å². The number of hydrogen-bond donors (Lipinski definition) is 1. The quantitative estimate of drug-likeness (QED) is 0.853. The van der Waals surface area contributed by atoms with Crippen molar-refractivity contribution in [2.75, 3.05) is 12.0 Å². The summed E-state index contributed by atoms with van der Waals surface area (Å²) >= 11 is 0. The Labute approximate surface area is 97.6 Å². The standard InChI is InChI=1S/C12H19NO2S/c1-3-5-10-6-4-7-11(8-10)12(13)9-16(2,14)15/h4,6-8,12H,3,5,9,13H2,1-2H3. The van der Waals surface area contributed by atoms with Gasteiger partial charge in [-0.15, -0.1) is 0 Å². The molecule has 90 valence electrons. The molecule has 3 nitrogen and oxygen atoms in total. The van der Waals surface area contributed by atoms with E-state index >= 15 is 0 Å². The van der Waals surface area contributed by atoms with E-state index < -0.39 is 15.9 Å². The highest BCUT2D eigenvalue weighted by atomic mass is 32.2. The first kappa shape index (κ1) is 13.2. The Morgan fingerprint density at radius 1 is 1.38 bits per heavy atom. The van der Waals surface area contributed by atoms with E-state index in [2.05, 4.69) is 6.92 Å². The van der Waals surface area contributed by atoms with Gasteiger partial charge in [0.05, 0.1) is 5.75 Å². The third-order valence-corrected chi connectivity index (χ3v) is 3.36. The molecule has 0 radical (unpaired) electrons. The number of rotatable bonds is 5. The Hall–Kier alpha value is -0.870. The highest BCUT2D eigenvalue weighted by molar-refractivity contribution is 7.90. The zero-order chi connectivity index (χ0) is 12.2. The second-order valence-corrected chi connectivity index (χ2v) is 6.38. The molecule has 0 spiro atoms. The number of benzene rings is 1. The molecule has 1 unspecified atom stereocenters. The van der Waals surface area contributed by atoms with Crippen molar-refractivity contribution in [3.8, 4) is 0 Å². The normalized spacial score (nSPS) is 13.7. The Bertz CT molecular complexity index is 440. The van der Waals surface area contributed by atoms with Gasteiger partial charge in [-0.3, -0.25) is 0 Å². The van der Waals surface area contributed by atoms with Crippen molar-refractivity contribution in [3.05, 3.63) is 35.4 Å². The molecule has 1 rings (SSSR count). The van der Waals surface area contributed by atoms with Gasteiger partial charge in [0.2, 0.25) is 0 Å². The lowest BCUT2D eigenvalue weighted by Gasteiger charge is -2.12. The van der Waals surface area contributed by atoms with Gasteiger partial charge in [0, 0.05) is 12.3 Å². The van der Waals surface area contributed by atoms with Crippen LogP contribution in [0.25, 0.3) is 0 Å². The molecule has 0 heterocycles. The fourth-order valence-corrected chi connectivity index (χ4v) is 2.54. The monoisotopic (exact) mass is 241 g/mol. The summed E-state index contributed by atoms with van der Waals surface area (Å²) in [4.78, 5) is 0. The zero-order valence-corrected chi connectivity index (χ0v) is 10.6. The molecular formula is C12H19NO2S. The largest absolute Gasteiger partial charge is 0.323 e. The predicted molar refractivity (Wildman–Crippen MR) is 67.1 cm³/mol. The Morgan fingerprint density at radius 3 is 2.62 bits per heavy atom. The van der Waals surface area contributed by atoms with Crippen LogP contribution in [0.15, 0.2) is 24.3 Å². The molecule has 0 bridgehead atoms. The van der Waals surface area contributed by atoms with Crippen molar-refractivity contribution in [1.29, 1.82) is 0 Å². The summed E-state index contributed by atoms with van der Waals surface area (Å²) in [5.74, 6) is 0.00256. The molecular weight excluding hydrogens is 222 g/mol. The molecule has 0 amide bonds. The maximum atomic E-state index is 11.1. The highest BCUT2D eigenvalue weighted by Crippen LogP contribution is 2.15. The van der Waals surface area contributed by atoms with Gasteiger partial charge >= 0.3 is 0 Å². The molecule has 2 N–H and O–H groups in total. The molecule has 0 fully saturated rings. The van der Waals surface area contributed by atoms with Gasteiger partial charge in [-0.1, -0.05) is 37.6 Å². The van der Waals surface area contributed by atoms with Crippen molar-refractivity contribution in [2.24, 2.45) is 5.73 Å². The molecule has 16 heavy (non-hydrogen) atoms. The van der Waals surface area contributed by atoms with Crippen LogP contribution in [0.4, 0.5) is 0 Å². The van der Waals surface area contributed by atoms with E-state index in [0.717, 1.165) is 18.4 Å². The predicted octanol–water partition coefficient (Wildman–Crippen LogP) is 1.68. The summed E-state index contributed by atoms with van der Waals surface area (Å²) in [6.07, 6.45) is 3.28. The van der Waals surface area contributed by atoms with Gasteiger partial charge in [-0.05, 0) is 17.5 Å². The first-order chi connectivity index (χ1) is 7.42. The molecule has 0 aliphatic heterocycles. The zero-order valence-electron chi connectivity index (χ0n) is 9.81. The van der Waals surface area contributed by atoms with Crippen LogP contribution >= 0.6 is 0 Å². The van der Waals surface area contributed by atoms with Crippen molar-refractivity contribution in [3.63, 3.8) is 0 Å².